The van der Waals surface area contributed by atoms with Crippen LogP contribution >= 0.6 is 42.6 Å². The summed E-state index contributed by atoms with van der Waals surface area (Å²) in [7, 11) is -3.36. The highest BCUT2D eigenvalue weighted by molar-refractivity contribution is 7.99. The monoisotopic (exact) mass is 616 g/mol. The van der Waals surface area contributed by atoms with E-state index in [-0.39, 0.29) is 32.1 Å². The van der Waals surface area contributed by atoms with Crippen molar-refractivity contribution in [1.82, 2.24) is 14.5 Å². The SMILES string of the molecule is CCOP(=O)(COc1ccc(Cn2c(COC(N)=O)nc(C(C)C)c2Sc2cc(Cl)cc(Cl)c2)nc1)OCC. The Morgan fingerprint density at radius 2 is 1.79 bits per heavy atom. The van der Waals surface area contributed by atoms with Crippen molar-refractivity contribution >= 4 is 48.7 Å². The molecular weight excluding hydrogens is 586 g/mol. The normalized spacial score (nSPS) is 11.7. The van der Waals surface area contributed by atoms with E-state index in [4.69, 9.17) is 52.4 Å². The summed E-state index contributed by atoms with van der Waals surface area (Å²) in [5, 5.41) is 1.84. The third-order valence-corrected chi connectivity index (χ3v) is 8.40. The molecule has 0 aliphatic rings. The van der Waals surface area contributed by atoms with Gasteiger partial charge in [0.1, 0.15) is 16.6 Å². The van der Waals surface area contributed by atoms with Gasteiger partial charge in [-0.3, -0.25) is 9.55 Å². The number of hydrogen-bond acceptors (Lipinski definition) is 9. The molecule has 0 saturated heterocycles. The molecule has 3 aromatic rings. The largest absolute Gasteiger partial charge is 0.479 e. The van der Waals surface area contributed by atoms with Crippen molar-refractivity contribution in [2.75, 3.05) is 19.6 Å². The minimum atomic E-state index is -3.36. The van der Waals surface area contributed by atoms with Gasteiger partial charge in [0.25, 0.3) is 0 Å². The molecule has 1 aromatic carbocycles. The van der Waals surface area contributed by atoms with E-state index in [2.05, 4.69) is 4.98 Å². The lowest BCUT2D eigenvalue weighted by Gasteiger charge is -2.17. The molecule has 1 amide bonds. The quantitative estimate of drug-likeness (QED) is 0.188. The molecule has 0 spiro atoms. The summed E-state index contributed by atoms with van der Waals surface area (Å²) in [4.78, 5) is 21.4. The number of nitrogens with two attached hydrogens (primary N) is 1. The van der Waals surface area contributed by atoms with Crippen molar-refractivity contribution < 1.29 is 27.9 Å². The maximum Gasteiger partial charge on any atom is 0.404 e. The first-order valence-corrected chi connectivity index (χ1v) is 15.4. The van der Waals surface area contributed by atoms with Crippen molar-refractivity contribution in [3.05, 3.63) is 63.8 Å². The summed E-state index contributed by atoms with van der Waals surface area (Å²) in [5.74, 6) is 0.975. The van der Waals surface area contributed by atoms with E-state index < -0.39 is 13.7 Å². The zero-order valence-corrected chi connectivity index (χ0v) is 25.3. The minimum absolute atomic E-state index is 0.0610. The summed E-state index contributed by atoms with van der Waals surface area (Å²) in [6.45, 7) is 8.19. The number of primary amides is 1. The van der Waals surface area contributed by atoms with E-state index in [1.54, 1.807) is 32.0 Å². The van der Waals surface area contributed by atoms with Crippen molar-refractivity contribution in [1.29, 1.82) is 0 Å². The molecule has 0 saturated carbocycles. The van der Waals surface area contributed by atoms with E-state index in [0.29, 0.717) is 33.9 Å². The summed E-state index contributed by atoms with van der Waals surface area (Å²) in [6.07, 6.45) is 0.399. The van der Waals surface area contributed by atoms with Crippen LogP contribution in [0.1, 0.15) is 50.8 Å². The van der Waals surface area contributed by atoms with Gasteiger partial charge < -0.3 is 28.8 Å². The maximum absolute atomic E-state index is 12.7. The summed E-state index contributed by atoms with van der Waals surface area (Å²) >= 11 is 13.9. The molecule has 2 aromatic heterocycles. The Kier molecular flexibility index (Phi) is 11.5. The Hall–Kier alpha value is -2.27. The zero-order valence-electron chi connectivity index (χ0n) is 22.1. The highest BCUT2D eigenvalue weighted by atomic mass is 35.5. The van der Waals surface area contributed by atoms with Crippen LogP contribution in [0.25, 0.3) is 0 Å². The summed E-state index contributed by atoms with van der Waals surface area (Å²) in [5.41, 5.74) is 6.71. The molecule has 0 atom stereocenters. The Morgan fingerprint density at radius 1 is 1.13 bits per heavy atom. The number of aromatic nitrogens is 3. The molecule has 212 valence electrons. The Morgan fingerprint density at radius 3 is 2.33 bits per heavy atom. The molecule has 0 bridgehead atoms. The lowest BCUT2D eigenvalue weighted by molar-refractivity contribution is 0.145. The topological polar surface area (TPSA) is 128 Å². The van der Waals surface area contributed by atoms with E-state index >= 15 is 0 Å². The zero-order chi connectivity index (χ0) is 28.6. The highest BCUT2D eigenvalue weighted by Crippen LogP contribution is 2.47. The van der Waals surface area contributed by atoms with Crippen LogP contribution in [-0.4, -0.2) is 40.2 Å². The van der Waals surface area contributed by atoms with Gasteiger partial charge >= 0.3 is 13.7 Å². The van der Waals surface area contributed by atoms with Crippen LogP contribution < -0.4 is 10.5 Å². The molecule has 0 unspecified atom stereocenters. The predicted octanol–water partition coefficient (Wildman–Crippen LogP) is 7.11. The van der Waals surface area contributed by atoms with Crippen molar-refractivity contribution in [2.45, 2.75) is 56.7 Å². The smallest absolute Gasteiger partial charge is 0.404 e. The Bertz CT molecular complexity index is 1290. The molecule has 0 aliphatic carbocycles. The number of benzene rings is 1. The number of rotatable bonds is 14. The third-order valence-electron chi connectivity index (χ3n) is 5.12. The van der Waals surface area contributed by atoms with Crippen molar-refractivity contribution in [3.63, 3.8) is 0 Å². The minimum Gasteiger partial charge on any atom is -0.479 e. The lowest BCUT2D eigenvalue weighted by Crippen LogP contribution is -2.16. The van der Waals surface area contributed by atoms with E-state index in [1.807, 2.05) is 30.5 Å². The van der Waals surface area contributed by atoms with Gasteiger partial charge in [0.05, 0.1) is 37.3 Å². The van der Waals surface area contributed by atoms with Gasteiger partial charge in [-0.05, 0) is 50.1 Å². The molecule has 0 aliphatic heterocycles. The van der Waals surface area contributed by atoms with Crippen molar-refractivity contribution in [2.24, 2.45) is 5.73 Å². The molecule has 14 heteroatoms. The highest BCUT2D eigenvalue weighted by Gasteiger charge is 2.25. The average Bonchev–Trinajstić information content (AvgIpc) is 3.19. The number of ether oxygens (including phenoxy) is 2. The van der Waals surface area contributed by atoms with Gasteiger partial charge in [-0.25, -0.2) is 9.78 Å². The number of imidazole rings is 1. The third kappa shape index (κ3) is 9.13. The van der Waals surface area contributed by atoms with E-state index in [9.17, 15) is 9.36 Å². The second-order valence-electron chi connectivity index (χ2n) is 8.48. The first-order valence-electron chi connectivity index (χ1n) is 12.1. The fraction of sp³-hybridized carbons (Fsp3) is 0.400. The standard InChI is InChI=1S/C25H31Cl2N4O6PS/c1-5-36-38(33,37-6-2)15-35-20-8-7-19(29-12-20)13-31-22(14-34-25(28)32)30-23(16(3)4)24(31)39-21-10-17(26)9-18(27)11-21/h7-12,16H,5-6,13-15H2,1-4H3,(H2,28,32). The molecule has 2 N–H and O–H groups in total. The Labute approximate surface area is 242 Å². The molecular formula is C25H31Cl2N4O6PS. The van der Waals surface area contributed by atoms with Gasteiger partial charge in [-0.1, -0.05) is 48.8 Å². The van der Waals surface area contributed by atoms with Gasteiger partial charge in [0, 0.05) is 14.9 Å². The molecule has 39 heavy (non-hydrogen) atoms. The summed E-state index contributed by atoms with van der Waals surface area (Å²) < 4.78 is 35.8. The number of pyridine rings is 1. The van der Waals surface area contributed by atoms with Crippen LogP contribution in [0.15, 0.2) is 46.5 Å². The molecule has 0 fully saturated rings. The first kappa shape index (κ1) is 31.3. The van der Waals surface area contributed by atoms with Crippen molar-refractivity contribution in [3.8, 4) is 5.75 Å². The fourth-order valence-corrected chi connectivity index (χ4v) is 6.74. The first-order chi connectivity index (χ1) is 18.5. The number of nitrogens with zero attached hydrogens (tertiary/aromatic N) is 3. The van der Waals surface area contributed by atoms with Gasteiger partial charge in [-0.2, -0.15) is 0 Å². The average molecular weight is 617 g/mol. The van der Waals surface area contributed by atoms with E-state index in [0.717, 1.165) is 15.6 Å². The predicted molar refractivity (Wildman–Crippen MR) is 151 cm³/mol. The van der Waals surface area contributed by atoms with Gasteiger partial charge in [-0.15, -0.1) is 0 Å². The van der Waals surface area contributed by atoms with Gasteiger partial charge in [0.2, 0.25) is 0 Å². The molecule has 2 heterocycles. The summed E-state index contributed by atoms with van der Waals surface area (Å²) in [6, 6.07) is 8.78. The van der Waals surface area contributed by atoms with Gasteiger partial charge in [0.15, 0.2) is 13.0 Å². The molecule has 3 rings (SSSR count). The number of halogens is 2. The second kappa shape index (κ2) is 14.4. The fourth-order valence-electron chi connectivity index (χ4n) is 3.50. The van der Waals surface area contributed by atoms with Crippen LogP contribution in [0.4, 0.5) is 4.79 Å². The van der Waals surface area contributed by atoms with Crippen LogP contribution in [-0.2, 0) is 31.5 Å². The van der Waals surface area contributed by atoms with Crippen LogP contribution in [0.5, 0.6) is 5.75 Å². The lowest BCUT2D eigenvalue weighted by atomic mass is 10.1. The second-order valence-corrected chi connectivity index (χ2v) is 12.4. The van der Waals surface area contributed by atoms with E-state index in [1.165, 1.54) is 18.0 Å². The number of amides is 1. The van der Waals surface area contributed by atoms with Crippen LogP contribution in [0.3, 0.4) is 0 Å². The number of hydrogen-bond donors (Lipinski definition) is 1. The Balaban J connectivity index is 1.90. The molecule has 0 radical (unpaired) electrons. The maximum atomic E-state index is 12.7. The van der Waals surface area contributed by atoms with Crippen LogP contribution in [0, 0.1) is 0 Å². The number of carbonyl (C=O) groups is 1. The van der Waals surface area contributed by atoms with Crippen LogP contribution in [0.2, 0.25) is 10.0 Å². The molecule has 10 nitrogen and oxygen atoms in total. The number of carbonyl (C=O) groups excluding carboxylic acids is 1.